The molecule has 1 aliphatic rings. The fraction of sp³-hybridized carbons (Fsp3) is 0.364. The highest BCUT2D eigenvalue weighted by molar-refractivity contribution is 5.94. The summed E-state index contributed by atoms with van der Waals surface area (Å²) in [5.41, 5.74) is 2.26. The molecule has 0 fully saturated rings. The van der Waals surface area contributed by atoms with Gasteiger partial charge in [-0.05, 0) is 24.3 Å². The van der Waals surface area contributed by atoms with Crippen LogP contribution in [-0.4, -0.2) is 33.1 Å². The van der Waals surface area contributed by atoms with E-state index in [1.807, 2.05) is 14.1 Å². The summed E-state index contributed by atoms with van der Waals surface area (Å²) < 4.78 is 0. The lowest BCUT2D eigenvalue weighted by atomic mass is 10.2. The summed E-state index contributed by atoms with van der Waals surface area (Å²) in [5, 5.41) is 6.40. The van der Waals surface area contributed by atoms with Crippen LogP contribution in [0.4, 0.5) is 11.4 Å². The van der Waals surface area contributed by atoms with Crippen molar-refractivity contribution in [2.75, 3.05) is 37.4 Å². The SMILES string of the molecule is CN(C)c1ccc(NC2=NCCN2)cc1.Cl.Cl. The number of halogens is 2. The number of rotatable bonds is 2. The summed E-state index contributed by atoms with van der Waals surface area (Å²) in [6.45, 7) is 1.79. The van der Waals surface area contributed by atoms with Gasteiger partial charge >= 0.3 is 0 Å². The molecule has 1 heterocycles. The Bertz CT molecular complexity index is 362. The second-order valence-electron chi connectivity index (χ2n) is 3.72. The third kappa shape index (κ3) is 4.32. The lowest BCUT2D eigenvalue weighted by Crippen LogP contribution is -2.26. The average Bonchev–Trinajstić information content (AvgIpc) is 2.71. The minimum absolute atomic E-state index is 0. The maximum atomic E-state index is 4.27. The number of hydrogen-bond acceptors (Lipinski definition) is 4. The predicted molar refractivity (Wildman–Crippen MR) is 79.2 cm³/mol. The van der Waals surface area contributed by atoms with E-state index in [2.05, 4.69) is 44.8 Å². The van der Waals surface area contributed by atoms with E-state index in [1.165, 1.54) is 5.69 Å². The van der Waals surface area contributed by atoms with E-state index < -0.39 is 0 Å². The fourth-order valence-corrected chi connectivity index (χ4v) is 1.46. The molecule has 96 valence electrons. The summed E-state index contributed by atoms with van der Waals surface area (Å²) in [6.07, 6.45) is 0. The van der Waals surface area contributed by atoms with Crippen LogP contribution in [0.5, 0.6) is 0 Å². The third-order valence-electron chi connectivity index (χ3n) is 2.32. The van der Waals surface area contributed by atoms with Crippen molar-refractivity contribution in [1.29, 1.82) is 0 Å². The average molecular weight is 277 g/mol. The van der Waals surface area contributed by atoms with Crippen LogP contribution in [0.3, 0.4) is 0 Å². The zero-order chi connectivity index (χ0) is 10.7. The minimum atomic E-state index is 0. The van der Waals surface area contributed by atoms with Crippen molar-refractivity contribution in [1.82, 2.24) is 5.32 Å². The topological polar surface area (TPSA) is 39.7 Å². The summed E-state index contributed by atoms with van der Waals surface area (Å²) in [5.74, 6) is 0.868. The van der Waals surface area contributed by atoms with Crippen LogP contribution in [0.25, 0.3) is 0 Å². The third-order valence-corrected chi connectivity index (χ3v) is 2.32. The number of anilines is 2. The Morgan fingerprint density at radius 2 is 1.82 bits per heavy atom. The van der Waals surface area contributed by atoms with Crippen molar-refractivity contribution in [2.45, 2.75) is 0 Å². The Labute approximate surface area is 114 Å². The van der Waals surface area contributed by atoms with Gasteiger partial charge in [0.05, 0.1) is 6.54 Å². The van der Waals surface area contributed by atoms with Gasteiger partial charge in [0.25, 0.3) is 0 Å². The largest absolute Gasteiger partial charge is 0.378 e. The first-order chi connectivity index (χ1) is 7.25. The molecule has 2 N–H and O–H groups in total. The molecule has 0 unspecified atom stereocenters. The Kier molecular flexibility index (Phi) is 6.76. The Morgan fingerprint density at radius 1 is 1.18 bits per heavy atom. The lowest BCUT2D eigenvalue weighted by Gasteiger charge is -2.13. The summed E-state index contributed by atoms with van der Waals surface area (Å²) in [6, 6.07) is 8.27. The van der Waals surface area contributed by atoms with Crippen molar-refractivity contribution in [2.24, 2.45) is 4.99 Å². The van der Waals surface area contributed by atoms with E-state index in [9.17, 15) is 0 Å². The van der Waals surface area contributed by atoms with Gasteiger partial charge in [-0.2, -0.15) is 0 Å². The molecule has 0 atom stereocenters. The molecule has 0 spiro atoms. The van der Waals surface area contributed by atoms with Gasteiger partial charge in [0, 0.05) is 32.0 Å². The van der Waals surface area contributed by atoms with Crippen molar-refractivity contribution in [3.05, 3.63) is 24.3 Å². The van der Waals surface area contributed by atoms with Crippen molar-refractivity contribution in [3.63, 3.8) is 0 Å². The highest BCUT2D eigenvalue weighted by Crippen LogP contribution is 2.15. The zero-order valence-corrected chi connectivity index (χ0v) is 11.6. The number of hydrogen-bond donors (Lipinski definition) is 2. The van der Waals surface area contributed by atoms with Gasteiger partial charge in [-0.1, -0.05) is 0 Å². The summed E-state index contributed by atoms with van der Waals surface area (Å²) in [4.78, 5) is 6.35. The maximum absolute atomic E-state index is 4.27. The molecule has 17 heavy (non-hydrogen) atoms. The van der Waals surface area contributed by atoms with Gasteiger partial charge in [-0.3, -0.25) is 4.99 Å². The molecule has 0 saturated carbocycles. The van der Waals surface area contributed by atoms with Crippen LogP contribution in [0.2, 0.25) is 0 Å². The van der Waals surface area contributed by atoms with Gasteiger partial charge in [0.1, 0.15) is 0 Å². The van der Waals surface area contributed by atoms with Gasteiger partial charge in [0.15, 0.2) is 5.96 Å². The van der Waals surface area contributed by atoms with Gasteiger partial charge < -0.3 is 15.5 Å². The van der Waals surface area contributed by atoms with E-state index in [4.69, 9.17) is 0 Å². The second-order valence-corrected chi connectivity index (χ2v) is 3.72. The number of nitrogens with zero attached hydrogens (tertiary/aromatic N) is 2. The smallest absolute Gasteiger partial charge is 0.195 e. The Balaban J connectivity index is 0.00000128. The molecule has 6 heteroatoms. The molecule has 1 aromatic carbocycles. The molecule has 0 bridgehead atoms. The molecule has 0 radical (unpaired) electrons. The first-order valence-corrected chi connectivity index (χ1v) is 5.08. The highest BCUT2D eigenvalue weighted by atomic mass is 35.5. The van der Waals surface area contributed by atoms with Gasteiger partial charge in [-0.25, -0.2) is 0 Å². The van der Waals surface area contributed by atoms with Crippen LogP contribution in [0.15, 0.2) is 29.3 Å². The molecule has 0 aliphatic carbocycles. The summed E-state index contributed by atoms with van der Waals surface area (Å²) in [7, 11) is 4.07. The molecular weight excluding hydrogens is 259 g/mol. The first kappa shape index (κ1) is 15.9. The standard InChI is InChI=1S/C11H16N4.2ClH/c1-15(2)10-5-3-9(4-6-10)14-11-12-7-8-13-11;;/h3-6H,7-8H2,1-2H3,(H2,12,13,14);2*1H. The molecule has 2 rings (SSSR count). The van der Waals surface area contributed by atoms with E-state index in [0.29, 0.717) is 0 Å². The zero-order valence-electron chi connectivity index (χ0n) is 9.93. The monoisotopic (exact) mass is 276 g/mol. The molecule has 4 nitrogen and oxygen atoms in total. The molecule has 0 aromatic heterocycles. The first-order valence-electron chi connectivity index (χ1n) is 5.08. The van der Waals surface area contributed by atoms with E-state index in [1.54, 1.807) is 0 Å². The van der Waals surface area contributed by atoms with Gasteiger partial charge in [-0.15, -0.1) is 24.8 Å². The number of nitrogens with one attached hydrogen (secondary N) is 2. The minimum Gasteiger partial charge on any atom is -0.378 e. The normalized spacial score (nSPS) is 12.7. The van der Waals surface area contributed by atoms with Gasteiger partial charge in [0.2, 0.25) is 0 Å². The molecule has 1 aromatic rings. The summed E-state index contributed by atoms with van der Waals surface area (Å²) >= 11 is 0. The number of aliphatic imine (C=N–C) groups is 1. The fourth-order valence-electron chi connectivity index (χ4n) is 1.46. The molecule has 0 saturated heterocycles. The molecule has 1 aliphatic heterocycles. The van der Waals surface area contributed by atoms with Crippen molar-refractivity contribution in [3.8, 4) is 0 Å². The predicted octanol–water partition coefficient (Wildman–Crippen LogP) is 1.97. The van der Waals surface area contributed by atoms with Crippen LogP contribution in [0.1, 0.15) is 0 Å². The van der Waals surface area contributed by atoms with Crippen molar-refractivity contribution < 1.29 is 0 Å². The van der Waals surface area contributed by atoms with E-state index >= 15 is 0 Å². The quantitative estimate of drug-likeness (QED) is 0.868. The molecule has 0 amide bonds. The highest BCUT2D eigenvalue weighted by Gasteiger charge is 2.04. The van der Waals surface area contributed by atoms with E-state index in [-0.39, 0.29) is 24.8 Å². The van der Waals surface area contributed by atoms with Crippen molar-refractivity contribution >= 4 is 42.1 Å². The number of guanidine groups is 1. The second kappa shape index (κ2) is 7.25. The van der Waals surface area contributed by atoms with Crippen LogP contribution in [0, 0.1) is 0 Å². The van der Waals surface area contributed by atoms with E-state index in [0.717, 1.165) is 24.7 Å². The molecular formula is C11H18Cl2N4. The number of benzene rings is 1. The Morgan fingerprint density at radius 3 is 2.29 bits per heavy atom. The lowest BCUT2D eigenvalue weighted by molar-refractivity contribution is 0.959. The maximum Gasteiger partial charge on any atom is 0.195 e. The van der Waals surface area contributed by atoms with Crippen LogP contribution in [-0.2, 0) is 0 Å². The van der Waals surface area contributed by atoms with Crippen LogP contribution >= 0.6 is 24.8 Å². The van der Waals surface area contributed by atoms with Crippen LogP contribution < -0.4 is 15.5 Å². The Hall–Kier alpha value is -1.13.